The molecule has 1 aromatic rings. The average Bonchev–Trinajstić information content (AvgIpc) is 2.91. The number of carbonyl (C=O) groups excluding carboxylic acids is 1. The van der Waals surface area contributed by atoms with Crippen molar-refractivity contribution in [2.75, 3.05) is 11.9 Å². The van der Waals surface area contributed by atoms with Crippen molar-refractivity contribution < 1.29 is 4.79 Å². The number of carbonyl (C=O) groups is 1. The van der Waals surface area contributed by atoms with Crippen molar-refractivity contribution in [2.24, 2.45) is 11.7 Å². The number of anilines is 1. The number of hydrogen-bond acceptors (Lipinski definition) is 2. The number of amides is 1. The highest BCUT2D eigenvalue weighted by Crippen LogP contribution is 2.26. The second kappa shape index (κ2) is 6.23. The fourth-order valence-corrected chi connectivity index (χ4v) is 2.26. The molecule has 0 bridgehead atoms. The molecule has 1 amide bonds. The highest BCUT2D eigenvalue weighted by Gasteiger charge is 2.22. The smallest absolute Gasteiger partial charge is 0.227 e. The van der Waals surface area contributed by atoms with Crippen molar-refractivity contribution >= 4 is 11.6 Å². The maximum absolute atomic E-state index is 12.0. The second-order valence-corrected chi connectivity index (χ2v) is 4.56. The van der Waals surface area contributed by atoms with E-state index in [0.29, 0.717) is 6.54 Å². The van der Waals surface area contributed by atoms with Crippen molar-refractivity contribution in [2.45, 2.75) is 25.7 Å². The first-order valence-corrected chi connectivity index (χ1v) is 6.39. The van der Waals surface area contributed by atoms with Gasteiger partial charge in [-0.15, -0.1) is 0 Å². The van der Waals surface area contributed by atoms with E-state index < -0.39 is 0 Å². The van der Waals surface area contributed by atoms with Gasteiger partial charge in [-0.25, -0.2) is 0 Å². The molecule has 0 spiro atoms. The SMILES string of the molecule is NCC#Cc1cccc(NC(=O)C2CCCC2)c1. The van der Waals surface area contributed by atoms with Crippen LogP contribution in [0, 0.1) is 17.8 Å². The third-order valence-electron chi connectivity index (χ3n) is 3.19. The largest absolute Gasteiger partial charge is 0.326 e. The zero-order valence-corrected chi connectivity index (χ0v) is 10.4. The molecule has 3 heteroatoms. The Kier molecular flexibility index (Phi) is 4.38. The van der Waals surface area contributed by atoms with Crippen molar-refractivity contribution in [3.63, 3.8) is 0 Å². The molecule has 0 saturated heterocycles. The number of nitrogens with two attached hydrogens (primary N) is 1. The Balaban J connectivity index is 2.02. The minimum atomic E-state index is 0.136. The van der Waals surface area contributed by atoms with E-state index in [2.05, 4.69) is 17.2 Å². The molecule has 1 saturated carbocycles. The van der Waals surface area contributed by atoms with Crippen molar-refractivity contribution in [1.82, 2.24) is 0 Å². The molecule has 0 aliphatic heterocycles. The lowest BCUT2D eigenvalue weighted by molar-refractivity contribution is -0.119. The van der Waals surface area contributed by atoms with Gasteiger partial charge in [0.1, 0.15) is 0 Å². The van der Waals surface area contributed by atoms with Gasteiger partial charge >= 0.3 is 0 Å². The lowest BCUT2D eigenvalue weighted by atomic mass is 10.1. The highest BCUT2D eigenvalue weighted by atomic mass is 16.1. The van der Waals surface area contributed by atoms with Gasteiger partial charge in [0.2, 0.25) is 5.91 Å². The van der Waals surface area contributed by atoms with Crippen molar-refractivity contribution in [3.05, 3.63) is 29.8 Å². The Morgan fingerprint density at radius 2 is 2.17 bits per heavy atom. The van der Waals surface area contributed by atoms with Crippen molar-refractivity contribution in [1.29, 1.82) is 0 Å². The van der Waals surface area contributed by atoms with Crippen LogP contribution in [0.4, 0.5) is 5.69 Å². The van der Waals surface area contributed by atoms with Gasteiger partial charge in [-0.3, -0.25) is 4.79 Å². The lowest BCUT2D eigenvalue weighted by Crippen LogP contribution is -2.20. The minimum absolute atomic E-state index is 0.136. The van der Waals surface area contributed by atoms with E-state index in [1.807, 2.05) is 24.3 Å². The van der Waals surface area contributed by atoms with E-state index in [0.717, 1.165) is 24.1 Å². The Labute approximate surface area is 108 Å². The van der Waals surface area contributed by atoms with Crippen LogP contribution in [0.3, 0.4) is 0 Å². The molecule has 0 unspecified atom stereocenters. The molecular formula is C15H18N2O. The third kappa shape index (κ3) is 3.35. The maximum atomic E-state index is 12.0. The van der Waals surface area contributed by atoms with E-state index in [4.69, 9.17) is 5.73 Å². The molecule has 1 aliphatic carbocycles. The van der Waals surface area contributed by atoms with Crippen LogP contribution in [-0.2, 0) is 4.79 Å². The molecule has 1 fully saturated rings. The summed E-state index contributed by atoms with van der Waals surface area (Å²) in [7, 11) is 0. The third-order valence-corrected chi connectivity index (χ3v) is 3.19. The molecule has 1 aliphatic rings. The van der Waals surface area contributed by atoms with E-state index in [1.54, 1.807) is 0 Å². The summed E-state index contributed by atoms with van der Waals surface area (Å²) < 4.78 is 0. The number of benzene rings is 1. The molecule has 3 nitrogen and oxygen atoms in total. The van der Waals surface area contributed by atoms with Gasteiger partial charge in [0.05, 0.1) is 6.54 Å². The Hall–Kier alpha value is -1.79. The van der Waals surface area contributed by atoms with Crippen LogP contribution in [0.1, 0.15) is 31.2 Å². The van der Waals surface area contributed by atoms with Crippen LogP contribution in [0.15, 0.2) is 24.3 Å². The molecule has 2 rings (SSSR count). The summed E-state index contributed by atoms with van der Waals surface area (Å²) in [6.07, 6.45) is 4.36. The Bertz CT molecular complexity index is 479. The number of nitrogens with one attached hydrogen (secondary N) is 1. The fourth-order valence-electron chi connectivity index (χ4n) is 2.26. The summed E-state index contributed by atoms with van der Waals surface area (Å²) >= 11 is 0. The van der Waals surface area contributed by atoms with Crippen LogP contribution in [0.2, 0.25) is 0 Å². The quantitative estimate of drug-likeness (QED) is 0.780. The summed E-state index contributed by atoms with van der Waals surface area (Å²) in [5.41, 5.74) is 7.03. The summed E-state index contributed by atoms with van der Waals surface area (Å²) in [4.78, 5) is 12.0. The molecular weight excluding hydrogens is 224 g/mol. The number of rotatable bonds is 2. The lowest BCUT2D eigenvalue weighted by Gasteiger charge is -2.10. The summed E-state index contributed by atoms with van der Waals surface area (Å²) in [6.45, 7) is 0.346. The molecule has 0 radical (unpaired) electrons. The summed E-state index contributed by atoms with van der Waals surface area (Å²) in [5.74, 6) is 6.09. The van der Waals surface area contributed by atoms with Crippen LogP contribution < -0.4 is 11.1 Å². The Morgan fingerprint density at radius 1 is 1.39 bits per heavy atom. The minimum Gasteiger partial charge on any atom is -0.326 e. The maximum Gasteiger partial charge on any atom is 0.227 e. The van der Waals surface area contributed by atoms with Gasteiger partial charge in [0, 0.05) is 17.2 Å². The zero-order chi connectivity index (χ0) is 12.8. The highest BCUT2D eigenvalue weighted by molar-refractivity contribution is 5.92. The van der Waals surface area contributed by atoms with Crippen LogP contribution >= 0.6 is 0 Å². The van der Waals surface area contributed by atoms with Gasteiger partial charge < -0.3 is 11.1 Å². The van der Waals surface area contributed by atoms with Crippen LogP contribution in [0.25, 0.3) is 0 Å². The predicted octanol–water partition coefficient (Wildman–Crippen LogP) is 2.13. The van der Waals surface area contributed by atoms with E-state index in [9.17, 15) is 4.79 Å². The molecule has 0 aromatic heterocycles. The van der Waals surface area contributed by atoms with Crippen LogP contribution in [0.5, 0.6) is 0 Å². The first kappa shape index (κ1) is 12.7. The standard InChI is InChI=1S/C15H18N2O/c16-10-4-6-12-5-3-9-14(11-12)17-15(18)13-7-1-2-8-13/h3,5,9,11,13H,1-2,7-8,10,16H2,(H,17,18). The summed E-state index contributed by atoms with van der Waals surface area (Å²) in [5, 5.41) is 2.96. The second-order valence-electron chi connectivity index (χ2n) is 4.56. The van der Waals surface area contributed by atoms with Gasteiger partial charge in [0.15, 0.2) is 0 Å². The molecule has 1 aromatic carbocycles. The number of hydrogen-bond donors (Lipinski definition) is 2. The topological polar surface area (TPSA) is 55.1 Å². The van der Waals surface area contributed by atoms with Crippen molar-refractivity contribution in [3.8, 4) is 11.8 Å². The zero-order valence-electron chi connectivity index (χ0n) is 10.4. The van der Waals surface area contributed by atoms with E-state index in [-0.39, 0.29) is 11.8 Å². The van der Waals surface area contributed by atoms with Gasteiger partial charge in [-0.2, -0.15) is 0 Å². The fraction of sp³-hybridized carbons (Fsp3) is 0.400. The average molecular weight is 242 g/mol. The van der Waals surface area contributed by atoms with Gasteiger partial charge in [-0.1, -0.05) is 30.7 Å². The Morgan fingerprint density at radius 3 is 2.89 bits per heavy atom. The first-order valence-electron chi connectivity index (χ1n) is 6.39. The van der Waals surface area contributed by atoms with E-state index in [1.165, 1.54) is 12.8 Å². The summed E-state index contributed by atoms with van der Waals surface area (Å²) in [6, 6.07) is 7.58. The first-order chi connectivity index (χ1) is 8.79. The predicted molar refractivity (Wildman–Crippen MR) is 73.0 cm³/mol. The molecule has 0 heterocycles. The molecule has 18 heavy (non-hydrogen) atoms. The van der Waals surface area contributed by atoms with Gasteiger partial charge in [-0.05, 0) is 31.0 Å². The van der Waals surface area contributed by atoms with E-state index >= 15 is 0 Å². The monoisotopic (exact) mass is 242 g/mol. The van der Waals surface area contributed by atoms with Gasteiger partial charge in [0.25, 0.3) is 0 Å². The molecule has 94 valence electrons. The van der Waals surface area contributed by atoms with Crippen LogP contribution in [-0.4, -0.2) is 12.5 Å². The molecule has 3 N–H and O–H groups in total. The normalized spacial score (nSPS) is 14.9. The molecule has 0 atom stereocenters.